The molecule has 0 fully saturated rings. The summed E-state index contributed by atoms with van der Waals surface area (Å²) in [5.74, 6) is 0. The van der Waals surface area contributed by atoms with Crippen LogP contribution in [0.25, 0.3) is 0 Å². The summed E-state index contributed by atoms with van der Waals surface area (Å²) in [6, 6.07) is 0. The molecule has 80 valence electrons. The van der Waals surface area contributed by atoms with E-state index in [9.17, 15) is 0 Å². The molecule has 0 aromatic carbocycles. The fraction of sp³-hybridized carbons (Fsp3) is 0.700. The first-order chi connectivity index (χ1) is 6.52. The first-order valence-corrected chi connectivity index (χ1v) is 5.72. The van der Waals surface area contributed by atoms with Gasteiger partial charge in [-0.05, 0) is 27.9 Å². The number of nitrogens with zero attached hydrogens (tertiary/aromatic N) is 2. The number of aromatic nitrogens is 1. The van der Waals surface area contributed by atoms with Crippen LogP contribution in [0.15, 0.2) is 10.9 Å². The number of thiazole rings is 1. The predicted molar refractivity (Wildman–Crippen MR) is 61.6 cm³/mol. The van der Waals surface area contributed by atoms with Gasteiger partial charge in [0, 0.05) is 24.0 Å². The van der Waals surface area contributed by atoms with Crippen LogP contribution < -0.4 is 5.32 Å². The van der Waals surface area contributed by atoms with E-state index in [0.717, 1.165) is 18.8 Å². The minimum absolute atomic E-state index is 0.190. The van der Waals surface area contributed by atoms with Gasteiger partial charge in [0.2, 0.25) is 0 Å². The first-order valence-electron chi connectivity index (χ1n) is 4.77. The van der Waals surface area contributed by atoms with E-state index < -0.39 is 0 Å². The number of hydrogen-bond acceptors (Lipinski definition) is 4. The molecule has 1 aromatic rings. The van der Waals surface area contributed by atoms with Gasteiger partial charge in [-0.15, -0.1) is 11.3 Å². The highest BCUT2D eigenvalue weighted by atomic mass is 32.1. The van der Waals surface area contributed by atoms with Crippen molar-refractivity contribution in [2.45, 2.75) is 25.9 Å². The third-order valence-corrected chi connectivity index (χ3v) is 3.19. The van der Waals surface area contributed by atoms with Gasteiger partial charge in [0.05, 0.1) is 11.2 Å². The van der Waals surface area contributed by atoms with Crippen molar-refractivity contribution in [3.05, 3.63) is 16.6 Å². The van der Waals surface area contributed by atoms with Crippen molar-refractivity contribution in [3.8, 4) is 0 Å². The molecule has 0 radical (unpaired) electrons. The number of hydrogen-bond donors (Lipinski definition) is 1. The minimum Gasteiger partial charge on any atom is -0.309 e. The number of nitrogens with one attached hydrogen (secondary N) is 1. The zero-order valence-electron chi connectivity index (χ0n) is 9.37. The normalized spacial score (nSPS) is 12.4. The summed E-state index contributed by atoms with van der Waals surface area (Å²) in [6.45, 7) is 6.28. The maximum absolute atomic E-state index is 4.22. The van der Waals surface area contributed by atoms with Crippen LogP contribution in [0.5, 0.6) is 0 Å². The molecule has 1 aromatic heterocycles. The average Bonchev–Trinajstić information content (AvgIpc) is 2.56. The van der Waals surface area contributed by atoms with Crippen molar-refractivity contribution in [2.24, 2.45) is 0 Å². The Bertz CT molecular complexity index is 254. The molecule has 0 spiro atoms. The second-order valence-electron chi connectivity index (χ2n) is 4.29. The van der Waals surface area contributed by atoms with Gasteiger partial charge in [-0.1, -0.05) is 0 Å². The highest BCUT2D eigenvalue weighted by Gasteiger charge is 2.19. The predicted octanol–water partition coefficient (Wildman–Crippen LogP) is 1.57. The molecule has 0 amide bonds. The molecule has 14 heavy (non-hydrogen) atoms. The Morgan fingerprint density at radius 3 is 2.71 bits per heavy atom. The molecular formula is C10H19N3S. The maximum Gasteiger partial charge on any atom is 0.0795 e. The highest BCUT2D eigenvalue weighted by Crippen LogP contribution is 2.08. The Hall–Kier alpha value is -0.450. The van der Waals surface area contributed by atoms with Gasteiger partial charge >= 0.3 is 0 Å². The van der Waals surface area contributed by atoms with Gasteiger partial charge in [0.25, 0.3) is 0 Å². The fourth-order valence-corrected chi connectivity index (χ4v) is 1.54. The SMILES string of the molecule is CN(C)C(C)(C)CNCc1cscn1. The summed E-state index contributed by atoms with van der Waals surface area (Å²) in [6.07, 6.45) is 0. The van der Waals surface area contributed by atoms with Gasteiger partial charge in [-0.2, -0.15) is 0 Å². The summed E-state index contributed by atoms with van der Waals surface area (Å²) in [7, 11) is 4.20. The smallest absolute Gasteiger partial charge is 0.0795 e. The Morgan fingerprint density at radius 2 is 2.21 bits per heavy atom. The third-order valence-electron chi connectivity index (χ3n) is 2.56. The Kier molecular flexibility index (Phi) is 4.04. The molecule has 0 saturated heterocycles. The molecule has 0 unspecified atom stereocenters. The molecular weight excluding hydrogens is 194 g/mol. The summed E-state index contributed by atoms with van der Waals surface area (Å²) >= 11 is 1.64. The maximum atomic E-state index is 4.22. The van der Waals surface area contributed by atoms with Crippen molar-refractivity contribution in [1.29, 1.82) is 0 Å². The Morgan fingerprint density at radius 1 is 1.50 bits per heavy atom. The zero-order chi connectivity index (χ0) is 10.6. The van der Waals surface area contributed by atoms with Crippen LogP contribution >= 0.6 is 11.3 Å². The van der Waals surface area contributed by atoms with E-state index in [-0.39, 0.29) is 5.54 Å². The van der Waals surface area contributed by atoms with Gasteiger partial charge in [0.15, 0.2) is 0 Å². The van der Waals surface area contributed by atoms with E-state index in [2.05, 4.69) is 48.5 Å². The highest BCUT2D eigenvalue weighted by molar-refractivity contribution is 7.07. The third kappa shape index (κ3) is 3.36. The topological polar surface area (TPSA) is 28.2 Å². The minimum atomic E-state index is 0.190. The lowest BCUT2D eigenvalue weighted by molar-refractivity contribution is 0.189. The van der Waals surface area contributed by atoms with Gasteiger partial charge < -0.3 is 10.2 Å². The van der Waals surface area contributed by atoms with Crippen molar-refractivity contribution in [2.75, 3.05) is 20.6 Å². The van der Waals surface area contributed by atoms with E-state index in [1.165, 1.54) is 0 Å². The molecule has 3 nitrogen and oxygen atoms in total. The average molecular weight is 213 g/mol. The van der Waals surface area contributed by atoms with Crippen LogP contribution in [-0.2, 0) is 6.54 Å². The second kappa shape index (κ2) is 4.87. The number of rotatable bonds is 5. The quantitative estimate of drug-likeness (QED) is 0.805. The molecule has 1 heterocycles. The van der Waals surface area contributed by atoms with Crippen LogP contribution in [0.1, 0.15) is 19.5 Å². The van der Waals surface area contributed by atoms with E-state index in [0.29, 0.717) is 0 Å². The van der Waals surface area contributed by atoms with Crippen LogP contribution in [0, 0.1) is 0 Å². The van der Waals surface area contributed by atoms with Crippen molar-refractivity contribution < 1.29 is 0 Å². The monoisotopic (exact) mass is 213 g/mol. The molecule has 0 saturated carbocycles. The van der Waals surface area contributed by atoms with Crippen LogP contribution in [0.2, 0.25) is 0 Å². The number of likely N-dealkylation sites (N-methyl/N-ethyl adjacent to an activating group) is 1. The molecule has 0 aliphatic carbocycles. The van der Waals surface area contributed by atoms with Crippen LogP contribution in [0.3, 0.4) is 0 Å². The molecule has 0 atom stereocenters. The van der Waals surface area contributed by atoms with Crippen LogP contribution in [0.4, 0.5) is 0 Å². The molecule has 0 bridgehead atoms. The Labute approximate surface area is 90.2 Å². The van der Waals surface area contributed by atoms with Crippen LogP contribution in [-0.4, -0.2) is 36.1 Å². The second-order valence-corrected chi connectivity index (χ2v) is 5.01. The molecule has 4 heteroatoms. The summed E-state index contributed by atoms with van der Waals surface area (Å²) in [4.78, 5) is 6.45. The zero-order valence-corrected chi connectivity index (χ0v) is 10.2. The summed E-state index contributed by atoms with van der Waals surface area (Å²) in [5, 5.41) is 5.49. The van der Waals surface area contributed by atoms with Gasteiger partial charge in [0.1, 0.15) is 0 Å². The lowest BCUT2D eigenvalue weighted by Crippen LogP contribution is -2.46. The molecule has 0 aliphatic heterocycles. The van der Waals surface area contributed by atoms with Crippen molar-refractivity contribution in [3.63, 3.8) is 0 Å². The van der Waals surface area contributed by atoms with E-state index >= 15 is 0 Å². The van der Waals surface area contributed by atoms with E-state index in [4.69, 9.17) is 0 Å². The van der Waals surface area contributed by atoms with E-state index in [1.54, 1.807) is 11.3 Å². The lowest BCUT2D eigenvalue weighted by Gasteiger charge is -2.32. The van der Waals surface area contributed by atoms with Crippen molar-refractivity contribution in [1.82, 2.24) is 15.2 Å². The summed E-state index contributed by atoms with van der Waals surface area (Å²) < 4.78 is 0. The first kappa shape index (κ1) is 11.6. The fourth-order valence-electron chi connectivity index (χ4n) is 0.979. The molecule has 1 rings (SSSR count). The summed E-state index contributed by atoms with van der Waals surface area (Å²) in [5.41, 5.74) is 3.19. The van der Waals surface area contributed by atoms with Gasteiger partial charge in [-0.3, -0.25) is 0 Å². The molecule has 0 aliphatic rings. The molecule has 1 N–H and O–H groups in total. The van der Waals surface area contributed by atoms with Gasteiger partial charge in [-0.25, -0.2) is 4.98 Å². The van der Waals surface area contributed by atoms with E-state index in [1.807, 2.05) is 5.51 Å². The lowest BCUT2D eigenvalue weighted by atomic mass is 10.0. The van der Waals surface area contributed by atoms with Crippen molar-refractivity contribution >= 4 is 11.3 Å². The largest absolute Gasteiger partial charge is 0.309 e. The standard InChI is InChI=1S/C10H19N3S/c1-10(2,13(3)4)7-11-5-9-6-14-8-12-9/h6,8,11H,5,7H2,1-4H3. The Balaban J connectivity index is 2.28.